The van der Waals surface area contributed by atoms with Gasteiger partial charge in [0.15, 0.2) is 5.82 Å². The lowest BCUT2D eigenvalue weighted by Crippen LogP contribution is -2.32. The molecule has 0 saturated carbocycles. The zero-order valence-electron chi connectivity index (χ0n) is 9.74. The highest BCUT2D eigenvalue weighted by atomic mass is 16.4. The molecule has 0 saturated heterocycles. The van der Waals surface area contributed by atoms with Crippen LogP contribution >= 0.6 is 0 Å². The normalized spacial score (nSPS) is 15.4. The number of hydrogen-bond acceptors (Lipinski definition) is 4. The quantitative estimate of drug-likeness (QED) is 0.872. The van der Waals surface area contributed by atoms with Gasteiger partial charge in [-0.1, -0.05) is 6.07 Å². The van der Waals surface area contributed by atoms with Crippen LogP contribution in [0, 0.1) is 0 Å². The smallest absolute Gasteiger partial charge is 0.303 e. The Kier molecular flexibility index (Phi) is 3.66. The van der Waals surface area contributed by atoms with Crippen LogP contribution in [0.25, 0.3) is 0 Å². The highest BCUT2D eigenvalue weighted by Crippen LogP contribution is 2.18. The van der Waals surface area contributed by atoms with E-state index >= 15 is 0 Å². The first kappa shape index (κ1) is 12.2. The molecule has 6 heteroatoms. The van der Waals surface area contributed by atoms with Crippen molar-refractivity contribution in [3.63, 3.8) is 0 Å². The third kappa shape index (κ3) is 2.91. The first-order valence-corrected chi connectivity index (χ1v) is 5.69. The average Bonchev–Trinajstić information content (AvgIpc) is 2.38. The van der Waals surface area contributed by atoms with Gasteiger partial charge < -0.3 is 5.11 Å². The fourth-order valence-corrected chi connectivity index (χ4v) is 1.69. The Bertz CT molecular complexity index is 485. The van der Waals surface area contributed by atoms with Crippen molar-refractivity contribution in [1.29, 1.82) is 0 Å². The Labute approximate surface area is 104 Å². The second-order valence-electron chi connectivity index (χ2n) is 3.95. The SMILES string of the molecule is O=C(O)CCC1=NN(c2ccccn2)C(=O)CC1. The van der Waals surface area contributed by atoms with Crippen molar-refractivity contribution in [3.8, 4) is 0 Å². The minimum absolute atomic E-state index is 0.0308. The van der Waals surface area contributed by atoms with Gasteiger partial charge in [0, 0.05) is 18.3 Å². The predicted octanol–water partition coefficient (Wildman–Crippen LogP) is 1.43. The number of rotatable bonds is 4. The number of anilines is 1. The summed E-state index contributed by atoms with van der Waals surface area (Å²) in [6, 6.07) is 5.23. The van der Waals surface area contributed by atoms with Gasteiger partial charge in [-0.2, -0.15) is 10.1 Å². The lowest BCUT2D eigenvalue weighted by molar-refractivity contribution is -0.136. The predicted molar refractivity (Wildman–Crippen MR) is 65.3 cm³/mol. The van der Waals surface area contributed by atoms with Crippen molar-refractivity contribution in [2.45, 2.75) is 25.7 Å². The van der Waals surface area contributed by atoms with Crippen LogP contribution in [0.3, 0.4) is 0 Å². The van der Waals surface area contributed by atoms with Gasteiger partial charge in [-0.3, -0.25) is 9.59 Å². The number of carbonyl (C=O) groups excluding carboxylic acids is 1. The monoisotopic (exact) mass is 247 g/mol. The molecule has 0 aromatic carbocycles. The molecule has 2 heterocycles. The number of carboxylic acid groups (broad SMARTS) is 1. The van der Waals surface area contributed by atoms with Crippen LogP contribution in [-0.4, -0.2) is 27.7 Å². The van der Waals surface area contributed by atoms with Crippen molar-refractivity contribution < 1.29 is 14.7 Å². The molecule has 18 heavy (non-hydrogen) atoms. The van der Waals surface area contributed by atoms with E-state index in [0.29, 0.717) is 25.1 Å². The molecule has 0 unspecified atom stereocenters. The first-order chi connectivity index (χ1) is 8.66. The zero-order valence-corrected chi connectivity index (χ0v) is 9.74. The number of aromatic nitrogens is 1. The van der Waals surface area contributed by atoms with E-state index < -0.39 is 5.97 Å². The van der Waals surface area contributed by atoms with E-state index in [4.69, 9.17) is 5.11 Å². The van der Waals surface area contributed by atoms with E-state index in [1.807, 2.05) is 0 Å². The maximum Gasteiger partial charge on any atom is 0.303 e. The third-order valence-electron chi connectivity index (χ3n) is 2.60. The molecular formula is C12H13N3O3. The molecule has 0 spiro atoms. The molecule has 94 valence electrons. The summed E-state index contributed by atoms with van der Waals surface area (Å²) in [4.78, 5) is 26.3. The summed E-state index contributed by atoms with van der Waals surface area (Å²) in [5.74, 6) is -0.512. The summed E-state index contributed by atoms with van der Waals surface area (Å²) in [5.41, 5.74) is 0.725. The van der Waals surface area contributed by atoms with Crippen LogP contribution in [0.4, 0.5) is 5.82 Å². The molecule has 0 radical (unpaired) electrons. The number of amides is 1. The number of hydrogen-bond donors (Lipinski definition) is 1. The Morgan fingerprint density at radius 2 is 2.22 bits per heavy atom. The van der Waals surface area contributed by atoms with Crippen LogP contribution in [-0.2, 0) is 9.59 Å². The van der Waals surface area contributed by atoms with Gasteiger partial charge in [-0.15, -0.1) is 0 Å². The van der Waals surface area contributed by atoms with Crippen molar-refractivity contribution in [3.05, 3.63) is 24.4 Å². The minimum Gasteiger partial charge on any atom is -0.481 e. The van der Waals surface area contributed by atoms with Crippen molar-refractivity contribution in [1.82, 2.24) is 4.98 Å². The zero-order chi connectivity index (χ0) is 13.0. The summed E-state index contributed by atoms with van der Waals surface area (Å²) in [6.45, 7) is 0. The number of carbonyl (C=O) groups is 2. The molecule has 1 aromatic heterocycles. The largest absolute Gasteiger partial charge is 0.481 e. The molecule has 1 amide bonds. The summed E-state index contributed by atoms with van der Waals surface area (Å²) in [6.07, 6.45) is 2.85. The standard InChI is InChI=1S/C12H13N3O3/c16-11-6-4-9(5-7-12(17)18)14-15(11)10-3-1-2-8-13-10/h1-3,8H,4-7H2,(H,17,18). The minimum atomic E-state index is -0.862. The second kappa shape index (κ2) is 5.39. The van der Waals surface area contributed by atoms with E-state index in [2.05, 4.69) is 10.1 Å². The fraction of sp³-hybridized carbons (Fsp3) is 0.333. The molecule has 1 N–H and O–H groups in total. The van der Waals surface area contributed by atoms with E-state index in [1.165, 1.54) is 5.01 Å². The summed E-state index contributed by atoms with van der Waals surface area (Å²) in [5, 5.41) is 14.1. The van der Waals surface area contributed by atoms with Crippen molar-refractivity contribution in [2.75, 3.05) is 5.01 Å². The molecule has 1 aromatic rings. The first-order valence-electron chi connectivity index (χ1n) is 5.69. The number of hydrazone groups is 1. The van der Waals surface area contributed by atoms with E-state index in [-0.39, 0.29) is 12.3 Å². The lowest BCUT2D eigenvalue weighted by atomic mass is 10.1. The Morgan fingerprint density at radius 1 is 1.39 bits per heavy atom. The van der Waals surface area contributed by atoms with Crippen LogP contribution in [0.5, 0.6) is 0 Å². The van der Waals surface area contributed by atoms with Gasteiger partial charge >= 0.3 is 5.97 Å². The summed E-state index contributed by atoms with van der Waals surface area (Å²) < 4.78 is 0. The Hall–Kier alpha value is -2.24. The summed E-state index contributed by atoms with van der Waals surface area (Å²) >= 11 is 0. The summed E-state index contributed by atoms with van der Waals surface area (Å²) in [7, 11) is 0. The van der Waals surface area contributed by atoms with Crippen LogP contribution < -0.4 is 5.01 Å². The van der Waals surface area contributed by atoms with Crippen molar-refractivity contribution >= 4 is 23.4 Å². The van der Waals surface area contributed by atoms with E-state index in [1.54, 1.807) is 24.4 Å². The van der Waals surface area contributed by atoms with Crippen LogP contribution in [0.1, 0.15) is 25.7 Å². The molecule has 2 rings (SSSR count). The van der Waals surface area contributed by atoms with Gasteiger partial charge in [0.25, 0.3) is 0 Å². The molecule has 0 atom stereocenters. The second-order valence-corrected chi connectivity index (χ2v) is 3.95. The lowest BCUT2D eigenvalue weighted by Gasteiger charge is -2.22. The fourth-order valence-electron chi connectivity index (χ4n) is 1.69. The molecule has 1 aliphatic rings. The van der Waals surface area contributed by atoms with Gasteiger partial charge in [0.2, 0.25) is 5.91 Å². The number of pyridine rings is 1. The molecule has 1 aliphatic heterocycles. The van der Waals surface area contributed by atoms with E-state index in [9.17, 15) is 9.59 Å². The molecule has 0 bridgehead atoms. The Balaban J connectivity index is 2.15. The number of carboxylic acids is 1. The van der Waals surface area contributed by atoms with Crippen LogP contribution in [0.2, 0.25) is 0 Å². The van der Waals surface area contributed by atoms with Gasteiger partial charge in [0.1, 0.15) is 0 Å². The van der Waals surface area contributed by atoms with Gasteiger partial charge in [0.05, 0.1) is 6.42 Å². The molecule has 6 nitrogen and oxygen atoms in total. The maximum absolute atomic E-state index is 11.7. The molecular weight excluding hydrogens is 234 g/mol. The van der Waals surface area contributed by atoms with Gasteiger partial charge in [-0.25, -0.2) is 4.98 Å². The molecule has 0 fully saturated rings. The molecule has 0 aliphatic carbocycles. The maximum atomic E-state index is 11.7. The highest BCUT2D eigenvalue weighted by Gasteiger charge is 2.22. The van der Waals surface area contributed by atoms with Crippen molar-refractivity contribution in [2.24, 2.45) is 5.10 Å². The number of nitrogens with zero attached hydrogens (tertiary/aromatic N) is 3. The topological polar surface area (TPSA) is 82.9 Å². The van der Waals surface area contributed by atoms with E-state index in [0.717, 1.165) is 5.71 Å². The highest BCUT2D eigenvalue weighted by molar-refractivity contribution is 6.01. The average molecular weight is 247 g/mol. The van der Waals surface area contributed by atoms with Crippen LogP contribution in [0.15, 0.2) is 29.5 Å². The van der Waals surface area contributed by atoms with Gasteiger partial charge in [-0.05, 0) is 25.0 Å². The Morgan fingerprint density at radius 3 is 2.89 bits per heavy atom. The third-order valence-corrected chi connectivity index (χ3v) is 2.60. The number of aliphatic carboxylic acids is 1.